The first-order valence-electron chi connectivity index (χ1n) is 10.2. The summed E-state index contributed by atoms with van der Waals surface area (Å²) in [5, 5.41) is 2.84. The lowest BCUT2D eigenvalue weighted by Crippen LogP contribution is -2.20. The van der Waals surface area contributed by atoms with Crippen molar-refractivity contribution in [3.63, 3.8) is 0 Å². The minimum Gasteiger partial charge on any atom is -0.493 e. The van der Waals surface area contributed by atoms with E-state index >= 15 is 0 Å². The Hall–Kier alpha value is -4.00. The highest BCUT2D eigenvalue weighted by molar-refractivity contribution is 5.92. The Bertz CT molecular complexity index is 1220. The summed E-state index contributed by atoms with van der Waals surface area (Å²) in [7, 11) is 1.57. The molecule has 0 bridgehead atoms. The molecule has 7 heteroatoms. The molecule has 2 aromatic heterocycles. The molecule has 0 aliphatic heterocycles. The van der Waals surface area contributed by atoms with Crippen LogP contribution in [0.3, 0.4) is 0 Å². The number of pyridine rings is 1. The fourth-order valence-corrected chi connectivity index (χ4v) is 3.28. The molecule has 0 aliphatic carbocycles. The van der Waals surface area contributed by atoms with E-state index in [0.29, 0.717) is 22.9 Å². The summed E-state index contributed by atoms with van der Waals surface area (Å²) in [5.41, 5.74) is 4.28. The van der Waals surface area contributed by atoms with E-state index in [1.54, 1.807) is 25.3 Å². The Balaban J connectivity index is 1.40. The number of fused-ring (bicyclic) bond motifs is 1. The predicted octanol–water partition coefficient (Wildman–Crippen LogP) is 4.56. The van der Waals surface area contributed by atoms with Crippen molar-refractivity contribution in [1.29, 1.82) is 0 Å². The molecule has 7 nitrogen and oxygen atoms in total. The van der Waals surface area contributed by atoms with Gasteiger partial charge in [-0.25, -0.2) is 4.98 Å². The molecule has 2 aromatic carbocycles. The number of amides is 1. The summed E-state index contributed by atoms with van der Waals surface area (Å²) in [6, 6.07) is 16.9. The fraction of sp³-hybridized carbons (Fsp3) is 0.200. The molecule has 0 aliphatic rings. The number of nitrogens with one attached hydrogen (secondary N) is 1. The molecule has 0 radical (unpaired) electrons. The van der Waals surface area contributed by atoms with Crippen LogP contribution >= 0.6 is 0 Å². The van der Waals surface area contributed by atoms with Crippen molar-refractivity contribution in [2.75, 3.05) is 19.0 Å². The van der Waals surface area contributed by atoms with Crippen molar-refractivity contribution in [3.8, 4) is 17.2 Å². The third kappa shape index (κ3) is 5.00. The van der Waals surface area contributed by atoms with Crippen LogP contribution < -0.4 is 19.5 Å². The number of nitrogens with zero attached hydrogens (tertiary/aromatic N) is 2. The lowest BCUT2D eigenvalue weighted by atomic mass is 10.1. The number of aromatic nitrogens is 2. The van der Waals surface area contributed by atoms with Gasteiger partial charge < -0.3 is 23.9 Å². The van der Waals surface area contributed by atoms with Gasteiger partial charge in [0.05, 0.1) is 12.8 Å². The van der Waals surface area contributed by atoms with E-state index in [1.165, 1.54) is 0 Å². The summed E-state index contributed by atoms with van der Waals surface area (Å²) >= 11 is 0. The van der Waals surface area contributed by atoms with Crippen LogP contribution in [0.25, 0.3) is 5.65 Å². The topological polar surface area (TPSA) is 74.1 Å². The SMILES string of the molecule is COc1ccc(NC(=O)COc2cc(C)ccc2C)cc1OCc1cn2ccccc2n1. The molecule has 4 rings (SSSR count). The summed E-state index contributed by atoms with van der Waals surface area (Å²) in [4.78, 5) is 16.9. The lowest BCUT2D eigenvalue weighted by molar-refractivity contribution is -0.118. The van der Waals surface area contributed by atoms with Crippen molar-refractivity contribution in [2.24, 2.45) is 0 Å². The molecular formula is C25H25N3O4. The second-order valence-electron chi connectivity index (χ2n) is 7.46. The molecule has 2 heterocycles. The quantitative estimate of drug-likeness (QED) is 0.443. The number of methoxy groups -OCH3 is 1. The number of hydrogen-bond acceptors (Lipinski definition) is 5. The molecule has 0 unspecified atom stereocenters. The molecule has 0 atom stereocenters. The Morgan fingerprint density at radius 1 is 1.00 bits per heavy atom. The molecule has 0 saturated heterocycles. The maximum Gasteiger partial charge on any atom is 0.262 e. The van der Waals surface area contributed by atoms with Gasteiger partial charge in [0.15, 0.2) is 18.1 Å². The standard InChI is InChI=1S/C25H25N3O4/c1-17-7-8-18(2)22(12-17)32-16-25(29)27-19-9-10-21(30-3)23(13-19)31-15-20-14-28-11-5-4-6-24(28)26-20/h4-14H,15-16H2,1-3H3,(H,27,29). The van der Waals surface area contributed by atoms with Crippen LogP contribution in [0, 0.1) is 13.8 Å². The number of benzene rings is 2. The van der Waals surface area contributed by atoms with Gasteiger partial charge in [0.25, 0.3) is 5.91 Å². The van der Waals surface area contributed by atoms with Gasteiger partial charge in [-0.15, -0.1) is 0 Å². The van der Waals surface area contributed by atoms with Crippen molar-refractivity contribution in [3.05, 3.63) is 83.8 Å². The number of hydrogen-bond donors (Lipinski definition) is 1. The van der Waals surface area contributed by atoms with E-state index in [0.717, 1.165) is 22.5 Å². The highest BCUT2D eigenvalue weighted by Crippen LogP contribution is 2.31. The average Bonchev–Trinajstić information content (AvgIpc) is 3.21. The number of anilines is 1. The molecule has 0 fully saturated rings. The number of carbonyl (C=O) groups is 1. The van der Waals surface area contributed by atoms with E-state index in [2.05, 4.69) is 10.3 Å². The minimum atomic E-state index is -0.262. The molecule has 1 N–H and O–H groups in total. The van der Waals surface area contributed by atoms with E-state index < -0.39 is 0 Å². The zero-order chi connectivity index (χ0) is 22.5. The molecule has 164 valence electrons. The second kappa shape index (κ2) is 9.43. The molecule has 32 heavy (non-hydrogen) atoms. The first kappa shape index (κ1) is 21.2. The number of ether oxygens (including phenoxy) is 3. The van der Waals surface area contributed by atoms with Gasteiger partial charge in [0, 0.05) is 24.1 Å². The largest absolute Gasteiger partial charge is 0.493 e. The van der Waals surface area contributed by atoms with Gasteiger partial charge in [-0.1, -0.05) is 18.2 Å². The number of carbonyl (C=O) groups excluding carboxylic acids is 1. The third-order valence-corrected chi connectivity index (χ3v) is 4.94. The number of imidazole rings is 1. The number of rotatable bonds is 8. The van der Waals surface area contributed by atoms with Gasteiger partial charge in [-0.3, -0.25) is 4.79 Å². The first-order chi connectivity index (χ1) is 15.5. The Kier molecular flexibility index (Phi) is 6.26. The predicted molar refractivity (Wildman–Crippen MR) is 123 cm³/mol. The van der Waals surface area contributed by atoms with Gasteiger partial charge in [-0.2, -0.15) is 0 Å². The van der Waals surface area contributed by atoms with Crippen LogP contribution in [0.1, 0.15) is 16.8 Å². The molecular weight excluding hydrogens is 406 g/mol. The zero-order valence-electron chi connectivity index (χ0n) is 18.3. The van der Waals surface area contributed by atoms with Crippen molar-refractivity contribution in [1.82, 2.24) is 9.38 Å². The average molecular weight is 431 g/mol. The molecule has 0 saturated carbocycles. The van der Waals surface area contributed by atoms with Crippen LogP contribution in [-0.4, -0.2) is 29.0 Å². The second-order valence-corrected chi connectivity index (χ2v) is 7.46. The smallest absolute Gasteiger partial charge is 0.262 e. The van der Waals surface area contributed by atoms with Gasteiger partial charge in [0.2, 0.25) is 0 Å². The minimum absolute atomic E-state index is 0.0895. The molecule has 0 spiro atoms. The van der Waals surface area contributed by atoms with Crippen molar-refractivity contribution >= 4 is 17.2 Å². The normalized spacial score (nSPS) is 10.7. The van der Waals surface area contributed by atoms with Crippen molar-refractivity contribution in [2.45, 2.75) is 20.5 Å². The summed E-state index contributed by atoms with van der Waals surface area (Å²) in [6.45, 7) is 4.11. The van der Waals surface area contributed by atoms with Crippen LogP contribution in [0.15, 0.2) is 67.0 Å². The summed E-state index contributed by atoms with van der Waals surface area (Å²) in [5.74, 6) is 1.52. The first-order valence-corrected chi connectivity index (χ1v) is 10.2. The fourth-order valence-electron chi connectivity index (χ4n) is 3.28. The third-order valence-electron chi connectivity index (χ3n) is 4.94. The number of aryl methyl sites for hydroxylation is 2. The maximum absolute atomic E-state index is 12.4. The highest BCUT2D eigenvalue weighted by Gasteiger charge is 2.11. The van der Waals surface area contributed by atoms with Gasteiger partial charge >= 0.3 is 0 Å². The Labute approximate surface area is 186 Å². The molecule has 4 aromatic rings. The van der Waals surface area contributed by atoms with Crippen LogP contribution in [0.4, 0.5) is 5.69 Å². The van der Waals surface area contributed by atoms with E-state index in [1.807, 2.05) is 67.0 Å². The Morgan fingerprint density at radius 2 is 1.88 bits per heavy atom. The van der Waals surface area contributed by atoms with E-state index in [4.69, 9.17) is 14.2 Å². The highest BCUT2D eigenvalue weighted by atomic mass is 16.5. The van der Waals surface area contributed by atoms with E-state index in [-0.39, 0.29) is 19.1 Å². The summed E-state index contributed by atoms with van der Waals surface area (Å²) < 4.78 is 19.0. The van der Waals surface area contributed by atoms with Crippen LogP contribution in [-0.2, 0) is 11.4 Å². The maximum atomic E-state index is 12.4. The van der Waals surface area contributed by atoms with Gasteiger partial charge in [0.1, 0.15) is 18.0 Å². The van der Waals surface area contributed by atoms with E-state index in [9.17, 15) is 4.79 Å². The van der Waals surface area contributed by atoms with Crippen LogP contribution in [0.5, 0.6) is 17.2 Å². The van der Waals surface area contributed by atoms with Gasteiger partial charge in [-0.05, 0) is 55.3 Å². The Morgan fingerprint density at radius 3 is 2.69 bits per heavy atom. The lowest BCUT2D eigenvalue weighted by Gasteiger charge is -2.13. The summed E-state index contributed by atoms with van der Waals surface area (Å²) in [6.07, 6.45) is 3.85. The monoisotopic (exact) mass is 431 g/mol. The van der Waals surface area contributed by atoms with Crippen molar-refractivity contribution < 1.29 is 19.0 Å². The molecule has 1 amide bonds. The zero-order valence-corrected chi connectivity index (χ0v) is 18.3. The van der Waals surface area contributed by atoms with Crippen LogP contribution in [0.2, 0.25) is 0 Å².